The van der Waals surface area contributed by atoms with Crippen molar-refractivity contribution in [3.8, 4) is 0 Å². The van der Waals surface area contributed by atoms with Crippen molar-refractivity contribution in [3.63, 3.8) is 0 Å². The molecule has 68 valence electrons. The third-order valence-corrected chi connectivity index (χ3v) is 2.60. The monoisotopic (exact) mass is 390 g/mol. The molecule has 0 N–H and O–H groups in total. The first kappa shape index (κ1) is 13.1. The predicted octanol–water partition coefficient (Wildman–Crippen LogP) is 0.827. The van der Waals surface area contributed by atoms with Gasteiger partial charge in [-0.05, 0) is 25.5 Å². The number of rotatable bonds is 1. The molecule has 0 aliphatic heterocycles. The van der Waals surface area contributed by atoms with E-state index < -0.39 is 10.1 Å². The summed E-state index contributed by atoms with van der Waals surface area (Å²) in [6.07, 6.45) is 0. The number of aryl methyl sites for hydroxylation is 2. The fourth-order valence-electron chi connectivity index (χ4n) is 1.08. The molecule has 0 amide bonds. The average molecular weight is 390 g/mol. The Morgan fingerprint density at radius 2 is 1.77 bits per heavy atom. The molecule has 0 fully saturated rings. The van der Waals surface area contributed by atoms with Gasteiger partial charge in [-0.3, -0.25) is 0 Å². The van der Waals surface area contributed by atoms with Gasteiger partial charge in [-0.25, -0.2) is 8.42 Å². The van der Waals surface area contributed by atoms with Gasteiger partial charge >= 0.3 is 27.3 Å². The second-order valence-corrected chi connectivity index (χ2v) is 4.07. The van der Waals surface area contributed by atoms with Gasteiger partial charge in [0.25, 0.3) is 0 Å². The van der Waals surface area contributed by atoms with E-state index >= 15 is 0 Å². The molecule has 1 aromatic carbocycles. The van der Waals surface area contributed by atoms with Crippen molar-refractivity contribution < 1.29 is 13.0 Å². The Morgan fingerprint density at radius 1 is 1.23 bits per heavy atom. The minimum Gasteiger partial charge on any atom is -0.744 e. The maximum atomic E-state index is 10.6. The Hall–Kier alpha value is 0.0521. The van der Waals surface area contributed by atoms with Gasteiger partial charge in [0.05, 0.1) is 4.90 Å². The van der Waals surface area contributed by atoms with E-state index in [4.69, 9.17) is 0 Å². The van der Waals surface area contributed by atoms with E-state index in [9.17, 15) is 13.0 Å². The molecule has 1 aromatic rings. The van der Waals surface area contributed by atoms with Gasteiger partial charge in [-0.1, -0.05) is 17.7 Å². The van der Waals surface area contributed by atoms with Crippen LogP contribution >= 0.6 is 0 Å². The van der Waals surface area contributed by atoms with Crippen LogP contribution in [0.25, 0.3) is 0 Å². The number of hydrogen-bond acceptors (Lipinski definition) is 3. The summed E-state index contributed by atoms with van der Waals surface area (Å²) in [5.41, 5.74) is 1.45. The third kappa shape index (κ3) is 3.35. The van der Waals surface area contributed by atoms with Gasteiger partial charge in [0.15, 0.2) is 0 Å². The Morgan fingerprint density at radius 3 is 2.15 bits per heavy atom. The van der Waals surface area contributed by atoms with Crippen LogP contribution in [0.3, 0.4) is 0 Å². The molecule has 0 aromatic heterocycles. The summed E-state index contributed by atoms with van der Waals surface area (Å²) < 4.78 is 31.8. The molecule has 0 saturated carbocycles. The molecule has 13 heavy (non-hydrogen) atoms. The quantitative estimate of drug-likeness (QED) is 0.528. The second-order valence-electron chi connectivity index (χ2n) is 2.72. The minimum absolute atomic E-state index is 0. The number of hydrogen-bond donors (Lipinski definition) is 0. The summed E-state index contributed by atoms with van der Waals surface area (Å²) in [5.74, 6) is 0. The van der Waals surface area contributed by atoms with E-state index in [1.54, 1.807) is 19.1 Å². The van der Waals surface area contributed by atoms with Gasteiger partial charge in [0, 0.05) is 0 Å². The summed E-state index contributed by atoms with van der Waals surface area (Å²) in [4.78, 5) is -0.131. The first-order valence-electron chi connectivity index (χ1n) is 3.44. The van der Waals surface area contributed by atoms with Crippen LogP contribution in [-0.2, 0) is 10.1 Å². The van der Waals surface area contributed by atoms with Gasteiger partial charge in [-0.15, -0.1) is 0 Å². The first-order valence-corrected chi connectivity index (χ1v) is 4.85. The molecule has 0 radical (unpaired) electrons. The smallest absolute Gasteiger partial charge is 0.744 e. The topological polar surface area (TPSA) is 57.2 Å². The van der Waals surface area contributed by atoms with Crippen molar-refractivity contribution in [2.45, 2.75) is 18.7 Å². The van der Waals surface area contributed by atoms with Crippen LogP contribution in [0, 0.1) is 13.8 Å². The normalized spacial score (nSPS) is 10.7. The van der Waals surface area contributed by atoms with Crippen LogP contribution in [0.4, 0.5) is 0 Å². The maximum Gasteiger partial charge on any atom is 1.00 e. The van der Waals surface area contributed by atoms with Crippen molar-refractivity contribution >= 4 is 37.4 Å². The summed E-state index contributed by atoms with van der Waals surface area (Å²) >= 11 is 0. The Balaban J connectivity index is 0.00000144. The average Bonchev–Trinajstić information content (AvgIpc) is 1.83. The van der Waals surface area contributed by atoms with Crippen molar-refractivity contribution in [2.75, 3.05) is 0 Å². The molecule has 0 bridgehead atoms. The molecule has 0 unspecified atom stereocenters. The fourth-order valence-corrected chi connectivity index (χ4v) is 1.77. The molecule has 0 aliphatic rings. The van der Waals surface area contributed by atoms with E-state index in [2.05, 4.69) is 0 Å². The Kier molecular flexibility index (Phi) is 4.54. The largest absolute Gasteiger partial charge is 1.00 e. The predicted molar refractivity (Wildman–Crippen MR) is 49.6 cm³/mol. The van der Waals surface area contributed by atoms with E-state index in [1.165, 1.54) is 6.07 Å². The van der Waals surface area contributed by atoms with E-state index in [0.717, 1.165) is 5.56 Å². The van der Waals surface area contributed by atoms with E-state index in [-0.39, 0.29) is 32.2 Å². The van der Waals surface area contributed by atoms with Gasteiger partial charge in [-0.2, -0.15) is 0 Å². The molecule has 0 heterocycles. The minimum atomic E-state index is -4.30. The third-order valence-electron chi connectivity index (χ3n) is 1.60. The van der Waals surface area contributed by atoms with Crippen LogP contribution in [0.5, 0.6) is 0 Å². The Labute approximate surface area is 98.1 Å². The van der Waals surface area contributed by atoms with Gasteiger partial charge < -0.3 is 4.55 Å². The fraction of sp³-hybridized carbons (Fsp3) is 0.250. The van der Waals surface area contributed by atoms with Crippen LogP contribution in [0.2, 0.25) is 0 Å². The zero-order valence-corrected chi connectivity index (χ0v) is 12.7. The maximum absolute atomic E-state index is 10.6. The van der Waals surface area contributed by atoms with Crippen LogP contribution in [0.15, 0.2) is 23.1 Å². The molecular weight excluding hydrogens is 381 g/mol. The molecule has 5 heteroatoms. The van der Waals surface area contributed by atoms with Crippen LogP contribution in [0.1, 0.15) is 11.1 Å². The van der Waals surface area contributed by atoms with Crippen molar-refractivity contribution in [3.05, 3.63) is 29.3 Å². The van der Waals surface area contributed by atoms with E-state index in [0.29, 0.717) is 5.56 Å². The summed E-state index contributed by atoms with van der Waals surface area (Å²) in [7, 11) is -4.30. The molecular formula is C8H9O3STl. The standard InChI is InChI=1S/C8H10O3S.Tl/c1-6-3-4-8(7(2)5-6)12(9,10)11;/h3-5H,1-2H3,(H,9,10,11);/q;+1/p-1. The molecule has 0 saturated heterocycles. The molecule has 0 aliphatic carbocycles. The van der Waals surface area contributed by atoms with Gasteiger partial charge in [0.2, 0.25) is 0 Å². The van der Waals surface area contributed by atoms with Crippen LogP contribution in [-0.4, -0.2) is 40.3 Å². The molecule has 0 spiro atoms. The van der Waals surface area contributed by atoms with Crippen LogP contribution < -0.4 is 0 Å². The summed E-state index contributed by atoms with van der Waals surface area (Å²) in [6, 6.07) is 4.62. The molecule has 0 atom stereocenters. The SMILES string of the molecule is Cc1ccc(S(=O)(=O)[O-])c(C)c1.[Tl+]. The number of benzene rings is 1. The van der Waals surface area contributed by atoms with Crippen molar-refractivity contribution in [2.24, 2.45) is 0 Å². The first-order chi connectivity index (χ1) is 5.41. The van der Waals surface area contributed by atoms with Gasteiger partial charge in [0.1, 0.15) is 10.1 Å². The van der Waals surface area contributed by atoms with Crippen molar-refractivity contribution in [1.82, 2.24) is 0 Å². The van der Waals surface area contributed by atoms with E-state index in [1.807, 2.05) is 6.92 Å². The summed E-state index contributed by atoms with van der Waals surface area (Å²) in [6.45, 7) is 3.45. The summed E-state index contributed by atoms with van der Waals surface area (Å²) in [5, 5.41) is 0. The second kappa shape index (κ2) is 4.52. The van der Waals surface area contributed by atoms with Crippen molar-refractivity contribution in [1.29, 1.82) is 0 Å². The Bertz CT molecular complexity index is 398. The zero-order chi connectivity index (χ0) is 9.35. The molecule has 1 rings (SSSR count). The zero-order valence-electron chi connectivity index (χ0n) is 7.44. The molecule has 3 nitrogen and oxygen atoms in total.